The number of benzene rings is 1. The SMILES string of the molecule is CCC(C)(N)C(=O)Nc1ccc(I)cc1Cl. The number of hydrogen-bond acceptors (Lipinski definition) is 2. The first-order chi connectivity index (χ1) is 7.36. The maximum atomic E-state index is 11.8. The van der Waals surface area contributed by atoms with Crippen molar-refractivity contribution in [1.82, 2.24) is 0 Å². The lowest BCUT2D eigenvalue weighted by Crippen LogP contribution is -2.47. The Labute approximate surface area is 114 Å². The molecule has 0 heterocycles. The Kier molecular flexibility index (Phi) is 4.58. The van der Waals surface area contributed by atoms with Gasteiger partial charge >= 0.3 is 0 Å². The Morgan fingerprint density at radius 1 is 1.62 bits per heavy atom. The van der Waals surface area contributed by atoms with Crippen LogP contribution in [-0.2, 0) is 4.79 Å². The third-order valence-electron chi connectivity index (χ3n) is 2.43. The van der Waals surface area contributed by atoms with Crippen molar-refractivity contribution in [1.29, 1.82) is 0 Å². The van der Waals surface area contributed by atoms with Gasteiger partial charge in [0.2, 0.25) is 5.91 Å². The van der Waals surface area contributed by atoms with Gasteiger partial charge in [0.15, 0.2) is 0 Å². The molecule has 0 saturated carbocycles. The molecule has 0 aliphatic rings. The molecule has 1 aromatic rings. The van der Waals surface area contributed by atoms with E-state index in [1.807, 2.05) is 13.0 Å². The third-order valence-corrected chi connectivity index (χ3v) is 3.42. The number of hydrogen-bond donors (Lipinski definition) is 2. The smallest absolute Gasteiger partial charge is 0.244 e. The molecule has 0 aliphatic carbocycles. The van der Waals surface area contributed by atoms with E-state index in [0.717, 1.165) is 3.57 Å². The zero-order valence-electron chi connectivity index (χ0n) is 9.18. The maximum absolute atomic E-state index is 11.8. The molecule has 16 heavy (non-hydrogen) atoms. The molecule has 88 valence electrons. The van der Waals surface area contributed by atoms with Gasteiger partial charge in [0.1, 0.15) is 0 Å². The van der Waals surface area contributed by atoms with E-state index >= 15 is 0 Å². The van der Waals surface area contributed by atoms with E-state index in [9.17, 15) is 4.79 Å². The van der Waals surface area contributed by atoms with Gasteiger partial charge in [-0.1, -0.05) is 18.5 Å². The molecule has 0 aliphatic heterocycles. The van der Waals surface area contributed by atoms with Crippen LogP contribution in [-0.4, -0.2) is 11.4 Å². The minimum Gasteiger partial charge on any atom is -0.323 e. The lowest BCUT2D eigenvalue weighted by molar-refractivity contribution is -0.120. The van der Waals surface area contributed by atoms with E-state index in [2.05, 4.69) is 27.9 Å². The molecular weight excluding hydrogens is 338 g/mol. The molecule has 3 nitrogen and oxygen atoms in total. The van der Waals surface area contributed by atoms with Gasteiger partial charge in [-0.25, -0.2) is 0 Å². The summed E-state index contributed by atoms with van der Waals surface area (Å²) >= 11 is 8.16. The average Bonchev–Trinajstić information content (AvgIpc) is 2.22. The predicted molar refractivity (Wildman–Crippen MR) is 75.7 cm³/mol. The number of amides is 1. The molecule has 0 fully saturated rings. The summed E-state index contributed by atoms with van der Waals surface area (Å²) in [7, 11) is 0. The molecule has 5 heteroatoms. The standard InChI is InChI=1S/C11H14ClIN2O/c1-3-11(2,14)10(16)15-9-5-4-7(13)6-8(9)12/h4-6H,3,14H2,1-2H3,(H,15,16). The van der Waals surface area contributed by atoms with Crippen molar-refractivity contribution in [3.8, 4) is 0 Å². The molecule has 1 amide bonds. The lowest BCUT2D eigenvalue weighted by atomic mass is 9.99. The second-order valence-electron chi connectivity index (χ2n) is 3.85. The van der Waals surface area contributed by atoms with Gasteiger partial charge in [-0.15, -0.1) is 0 Å². The molecule has 0 spiro atoms. The van der Waals surface area contributed by atoms with Crippen LogP contribution in [0.3, 0.4) is 0 Å². The molecule has 1 rings (SSSR count). The topological polar surface area (TPSA) is 55.1 Å². The molecule has 0 radical (unpaired) electrons. The molecule has 3 N–H and O–H groups in total. The summed E-state index contributed by atoms with van der Waals surface area (Å²) in [6.45, 7) is 3.57. The Bertz CT molecular complexity index is 407. The van der Waals surface area contributed by atoms with Crippen LogP contribution in [0.4, 0.5) is 5.69 Å². The fraction of sp³-hybridized carbons (Fsp3) is 0.364. The van der Waals surface area contributed by atoms with E-state index in [1.54, 1.807) is 19.1 Å². The third kappa shape index (κ3) is 3.33. The monoisotopic (exact) mass is 352 g/mol. The second kappa shape index (κ2) is 5.33. The van der Waals surface area contributed by atoms with Crippen molar-refractivity contribution < 1.29 is 4.79 Å². The van der Waals surface area contributed by atoms with Gasteiger partial charge in [0.05, 0.1) is 16.2 Å². The first kappa shape index (κ1) is 13.7. The van der Waals surface area contributed by atoms with Crippen molar-refractivity contribution in [3.05, 3.63) is 26.8 Å². The molecule has 0 saturated heterocycles. The Morgan fingerprint density at radius 2 is 2.25 bits per heavy atom. The Balaban J connectivity index is 2.85. The summed E-state index contributed by atoms with van der Waals surface area (Å²) in [5.74, 6) is -0.224. The van der Waals surface area contributed by atoms with Gasteiger partial charge in [-0.3, -0.25) is 4.79 Å². The summed E-state index contributed by atoms with van der Waals surface area (Å²) in [5, 5.41) is 3.25. The summed E-state index contributed by atoms with van der Waals surface area (Å²) in [4.78, 5) is 11.8. The number of carbonyl (C=O) groups is 1. The lowest BCUT2D eigenvalue weighted by Gasteiger charge is -2.21. The molecule has 0 aromatic heterocycles. The van der Waals surface area contributed by atoms with E-state index in [-0.39, 0.29) is 5.91 Å². The van der Waals surface area contributed by atoms with Crippen LogP contribution in [0.2, 0.25) is 5.02 Å². The fourth-order valence-corrected chi connectivity index (χ4v) is 1.92. The van der Waals surface area contributed by atoms with Gasteiger partial charge in [-0.05, 0) is 54.1 Å². The normalized spacial score (nSPS) is 14.3. The van der Waals surface area contributed by atoms with Crippen LogP contribution >= 0.6 is 34.2 Å². The van der Waals surface area contributed by atoms with Crippen molar-refractivity contribution in [2.75, 3.05) is 5.32 Å². The van der Waals surface area contributed by atoms with E-state index in [1.165, 1.54) is 0 Å². The van der Waals surface area contributed by atoms with Crippen molar-refractivity contribution in [2.24, 2.45) is 5.73 Å². The summed E-state index contributed by atoms with van der Waals surface area (Å²) < 4.78 is 1.02. The minimum atomic E-state index is -0.869. The summed E-state index contributed by atoms with van der Waals surface area (Å²) in [6.07, 6.45) is 0.570. The Morgan fingerprint density at radius 3 is 2.75 bits per heavy atom. The molecule has 1 atom stereocenters. The highest BCUT2D eigenvalue weighted by molar-refractivity contribution is 14.1. The van der Waals surface area contributed by atoms with Crippen LogP contribution in [0, 0.1) is 3.57 Å². The zero-order chi connectivity index (χ0) is 12.3. The van der Waals surface area contributed by atoms with E-state index < -0.39 is 5.54 Å². The molecular formula is C11H14ClIN2O. The highest BCUT2D eigenvalue weighted by Gasteiger charge is 2.26. The predicted octanol–water partition coefficient (Wildman–Crippen LogP) is 3.01. The first-order valence-electron chi connectivity index (χ1n) is 4.92. The highest BCUT2D eigenvalue weighted by atomic mass is 127. The summed E-state index contributed by atoms with van der Waals surface area (Å²) in [6, 6.07) is 5.44. The number of nitrogens with two attached hydrogens (primary N) is 1. The van der Waals surface area contributed by atoms with Crippen LogP contribution in [0.5, 0.6) is 0 Å². The fourth-order valence-electron chi connectivity index (χ4n) is 1.02. The van der Waals surface area contributed by atoms with Gasteiger partial charge in [0, 0.05) is 3.57 Å². The second-order valence-corrected chi connectivity index (χ2v) is 5.50. The number of carbonyl (C=O) groups excluding carboxylic acids is 1. The molecule has 1 aromatic carbocycles. The number of halogens is 2. The maximum Gasteiger partial charge on any atom is 0.244 e. The summed E-state index contributed by atoms with van der Waals surface area (Å²) in [5.41, 5.74) is 5.56. The van der Waals surface area contributed by atoms with Crippen molar-refractivity contribution in [3.63, 3.8) is 0 Å². The van der Waals surface area contributed by atoms with Crippen LogP contribution in [0.1, 0.15) is 20.3 Å². The zero-order valence-corrected chi connectivity index (χ0v) is 12.1. The van der Waals surface area contributed by atoms with E-state index in [4.69, 9.17) is 17.3 Å². The highest BCUT2D eigenvalue weighted by Crippen LogP contribution is 2.24. The van der Waals surface area contributed by atoms with E-state index in [0.29, 0.717) is 17.1 Å². The van der Waals surface area contributed by atoms with Crippen molar-refractivity contribution >= 4 is 45.8 Å². The number of rotatable bonds is 3. The van der Waals surface area contributed by atoms with Crippen molar-refractivity contribution in [2.45, 2.75) is 25.8 Å². The average molecular weight is 353 g/mol. The largest absolute Gasteiger partial charge is 0.323 e. The number of nitrogens with one attached hydrogen (secondary N) is 1. The van der Waals surface area contributed by atoms with Crippen LogP contribution < -0.4 is 11.1 Å². The van der Waals surface area contributed by atoms with Crippen LogP contribution in [0.25, 0.3) is 0 Å². The number of anilines is 1. The quantitative estimate of drug-likeness (QED) is 0.822. The van der Waals surface area contributed by atoms with Gasteiger partial charge < -0.3 is 11.1 Å². The molecule has 1 unspecified atom stereocenters. The Hall–Kier alpha value is -0.330. The van der Waals surface area contributed by atoms with Crippen LogP contribution in [0.15, 0.2) is 18.2 Å². The minimum absolute atomic E-state index is 0.224. The van der Waals surface area contributed by atoms with Gasteiger partial charge in [0.25, 0.3) is 0 Å². The molecule has 0 bridgehead atoms. The van der Waals surface area contributed by atoms with Gasteiger partial charge in [-0.2, -0.15) is 0 Å². The first-order valence-corrected chi connectivity index (χ1v) is 6.38.